The number of hydrogen-bond acceptors (Lipinski definition) is 5. The molecule has 1 aliphatic heterocycles. The Hall–Kier alpha value is -2.70. The Balaban J connectivity index is 1.66. The average molecular weight is 340 g/mol. The maximum Gasteiger partial charge on any atom is 0.313 e. The molecule has 1 fully saturated rings. The number of H-pyrrole nitrogens is 1. The van der Waals surface area contributed by atoms with E-state index in [0.29, 0.717) is 16.8 Å². The summed E-state index contributed by atoms with van der Waals surface area (Å²) in [4.78, 5) is 30.7. The molecule has 0 amide bonds. The Morgan fingerprint density at radius 3 is 2.76 bits per heavy atom. The van der Waals surface area contributed by atoms with E-state index in [9.17, 15) is 9.59 Å². The first kappa shape index (κ1) is 15.8. The number of benzene rings is 1. The number of carboxylic acid groups (broad SMARTS) is 1. The van der Waals surface area contributed by atoms with Crippen LogP contribution in [0.1, 0.15) is 43.6 Å². The lowest BCUT2D eigenvalue weighted by Crippen LogP contribution is -2.26. The van der Waals surface area contributed by atoms with Gasteiger partial charge in [0.25, 0.3) is 5.56 Å². The van der Waals surface area contributed by atoms with Crippen LogP contribution >= 0.6 is 0 Å². The van der Waals surface area contributed by atoms with Gasteiger partial charge in [0.15, 0.2) is 0 Å². The van der Waals surface area contributed by atoms with Crippen LogP contribution in [0.3, 0.4) is 0 Å². The van der Waals surface area contributed by atoms with Crippen LogP contribution in [0.5, 0.6) is 0 Å². The number of nitrogens with zero attached hydrogens (tertiary/aromatic N) is 3. The highest BCUT2D eigenvalue weighted by atomic mass is 16.4. The van der Waals surface area contributed by atoms with Crippen molar-refractivity contribution in [2.24, 2.45) is 11.0 Å². The topological polar surface area (TPSA) is 98.6 Å². The van der Waals surface area contributed by atoms with E-state index in [1.54, 1.807) is 0 Å². The second-order valence-electron chi connectivity index (χ2n) is 6.79. The Kier molecular flexibility index (Phi) is 3.99. The van der Waals surface area contributed by atoms with Gasteiger partial charge in [0.1, 0.15) is 5.92 Å². The van der Waals surface area contributed by atoms with Crippen molar-refractivity contribution in [3.63, 3.8) is 0 Å². The van der Waals surface area contributed by atoms with E-state index in [1.807, 2.05) is 12.1 Å². The maximum absolute atomic E-state index is 12.5. The predicted octanol–water partition coefficient (Wildman–Crippen LogP) is 2.48. The largest absolute Gasteiger partial charge is 0.481 e. The van der Waals surface area contributed by atoms with E-state index in [-0.39, 0.29) is 18.1 Å². The van der Waals surface area contributed by atoms with Crippen LogP contribution in [0.2, 0.25) is 0 Å². The van der Waals surface area contributed by atoms with Crippen molar-refractivity contribution >= 4 is 29.0 Å². The van der Waals surface area contributed by atoms with Crippen LogP contribution in [0.15, 0.2) is 28.1 Å². The van der Waals surface area contributed by atoms with Crippen LogP contribution in [0.4, 0.5) is 5.95 Å². The third kappa shape index (κ3) is 3.01. The van der Waals surface area contributed by atoms with Gasteiger partial charge in [-0.3, -0.25) is 14.6 Å². The Morgan fingerprint density at radius 1 is 1.24 bits per heavy atom. The molecule has 1 atom stereocenters. The molecule has 0 saturated heterocycles. The van der Waals surface area contributed by atoms with Gasteiger partial charge >= 0.3 is 5.97 Å². The second kappa shape index (κ2) is 6.31. The van der Waals surface area contributed by atoms with Crippen LogP contribution in [-0.4, -0.2) is 33.8 Å². The van der Waals surface area contributed by atoms with Crippen molar-refractivity contribution in [1.29, 1.82) is 0 Å². The van der Waals surface area contributed by atoms with E-state index >= 15 is 0 Å². The number of carbonyl (C=O) groups is 1. The summed E-state index contributed by atoms with van der Waals surface area (Å²) in [5, 5.41) is 15.1. The molecule has 1 aromatic heterocycles. The lowest BCUT2D eigenvalue weighted by Gasteiger charge is -2.22. The molecule has 1 saturated carbocycles. The van der Waals surface area contributed by atoms with Gasteiger partial charge in [0, 0.05) is 6.21 Å². The molecule has 25 heavy (non-hydrogen) atoms. The molecule has 1 unspecified atom stereocenters. The highest BCUT2D eigenvalue weighted by Crippen LogP contribution is 2.33. The minimum absolute atomic E-state index is 0.171. The third-order valence-corrected chi connectivity index (χ3v) is 5.11. The maximum atomic E-state index is 12.5. The number of anilines is 1. The van der Waals surface area contributed by atoms with Gasteiger partial charge in [0.2, 0.25) is 5.95 Å². The summed E-state index contributed by atoms with van der Waals surface area (Å²) in [6.07, 6.45) is 7.49. The van der Waals surface area contributed by atoms with Crippen molar-refractivity contribution in [2.45, 2.75) is 38.0 Å². The van der Waals surface area contributed by atoms with E-state index in [0.717, 1.165) is 0 Å². The summed E-state index contributed by atoms with van der Waals surface area (Å²) in [5.41, 5.74) is 1.59. The molecule has 4 rings (SSSR count). The van der Waals surface area contributed by atoms with E-state index in [4.69, 9.17) is 5.11 Å². The molecule has 0 spiro atoms. The fraction of sp³-hybridized carbons (Fsp3) is 0.444. The quantitative estimate of drug-likeness (QED) is 0.894. The molecule has 130 valence electrons. The zero-order chi connectivity index (χ0) is 17.4. The summed E-state index contributed by atoms with van der Waals surface area (Å²) in [5.74, 6) is -0.819. The molecular formula is C18H20N4O3. The first-order chi connectivity index (χ1) is 12.1. The Morgan fingerprint density at radius 2 is 2.04 bits per heavy atom. The average Bonchev–Trinajstić information content (AvgIpc) is 3.13. The van der Waals surface area contributed by atoms with Crippen LogP contribution < -0.4 is 10.6 Å². The molecular weight excluding hydrogens is 320 g/mol. The summed E-state index contributed by atoms with van der Waals surface area (Å²) < 4.78 is 0. The first-order valence-corrected chi connectivity index (χ1v) is 8.70. The van der Waals surface area contributed by atoms with Gasteiger partial charge in [-0.1, -0.05) is 25.3 Å². The number of nitrogens with one attached hydrogen (secondary N) is 1. The van der Waals surface area contributed by atoms with Crippen molar-refractivity contribution < 1.29 is 9.90 Å². The minimum atomic E-state index is -0.938. The van der Waals surface area contributed by atoms with Crippen molar-refractivity contribution in [2.75, 3.05) is 11.6 Å². The molecule has 1 aromatic carbocycles. The number of carboxylic acids is 1. The Labute approximate surface area is 144 Å². The molecule has 2 aliphatic rings. The van der Waals surface area contributed by atoms with Crippen LogP contribution in [0, 0.1) is 5.92 Å². The van der Waals surface area contributed by atoms with Gasteiger partial charge in [-0.15, -0.1) is 0 Å². The molecule has 7 heteroatoms. The summed E-state index contributed by atoms with van der Waals surface area (Å²) in [6.45, 7) is 0.171. The fourth-order valence-corrected chi connectivity index (χ4v) is 3.68. The SMILES string of the molecule is O=C(O)C1C=NN(c2nc3ccc(C4CCCCC4)cc3c(=O)[nH]2)C1. The van der Waals surface area contributed by atoms with Gasteiger partial charge < -0.3 is 5.11 Å². The number of aromatic amines is 1. The third-order valence-electron chi connectivity index (χ3n) is 5.11. The molecule has 2 N–H and O–H groups in total. The zero-order valence-electron chi connectivity index (χ0n) is 13.8. The number of hydrogen-bond donors (Lipinski definition) is 2. The van der Waals surface area contributed by atoms with Crippen molar-refractivity contribution in [3.8, 4) is 0 Å². The number of fused-ring (bicyclic) bond motifs is 1. The zero-order valence-corrected chi connectivity index (χ0v) is 13.8. The van der Waals surface area contributed by atoms with Crippen LogP contribution in [-0.2, 0) is 4.79 Å². The lowest BCUT2D eigenvalue weighted by molar-refractivity contribution is -0.138. The summed E-state index contributed by atoms with van der Waals surface area (Å²) in [6, 6.07) is 5.89. The smallest absolute Gasteiger partial charge is 0.313 e. The molecule has 2 heterocycles. The monoisotopic (exact) mass is 340 g/mol. The van der Waals surface area contributed by atoms with Crippen molar-refractivity contribution in [1.82, 2.24) is 9.97 Å². The van der Waals surface area contributed by atoms with E-state index in [1.165, 1.54) is 48.9 Å². The standard InChI is InChI=1S/C18H20N4O3/c23-16-14-8-12(11-4-2-1-3-5-11)6-7-15(14)20-18(21-16)22-10-13(9-19-22)17(24)25/h6-9,11,13H,1-5,10H2,(H,24,25)(H,20,21,23). The van der Waals surface area contributed by atoms with Gasteiger partial charge in [-0.05, 0) is 36.5 Å². The van der Waals surface area contributed by atoms with Crippen molar-refractivity contribution in [3.05, 3.63) is 34.1 Å². The summed E-state index contributed by atoms with van der Waals surface area (Å²) in [7, 11) is 0. The van der Waals surface area contributed by atoms with E-state index < -0.39 is 11.9 Å². The van der Waals surface area contributed by atoms with Gasteiger partial charge in [-0.25, -0.2) is 9.99 Å². The number of hydrazone groups is 1. The second-order valence-corrected chi connectivity index (χ2v) is 6.79. The highest BCUT2D eigenvalue weighted by Gasteiger charge is 2.26. The minimum Gasteiger partial charge on any atom is -0.481 e. The van der Waals surface area contributed by atoms with Crippen LogP contribution in [0.25, 0.3) is 10.9 Å². The summed E-state index contributed by atoms with van der Waals surface area (Å²) >= 11 is 0. The molecule has 0 radical (unpaired) electrons. The lowest BCUT2D eigenvalue weighted by atomic mass is 9.84. The van der Waals surface area contributed by atoms with Gasteiger partial charge in [-0.2, -0.15) is 5.10 Å². The molecule has 0 bridgehead atoms. The van der Waals surface area contributed by atoms with Gasteiger partial charge in [0.05, 0.1) is 17.4 Å². The molecule has 1 aliphatic carbocycles. The fourth-order valence-electron chi connectivity index (χ4n) is 3.68. The van der Waals surface area contributed by atoms with E-state index in [2.05, 4.69) is 21.1 Å². The normalized spacial score (nSPS) is 21.1. The highest BCUT2D eigenvalue weighted by molar-refractivity contribution is 5.91. The number of rotatable bonds is 3. The number of aromatic nitrogens is 2. The molecule has 7 nitrogen and oxygen atoms in total. The number of aliphatic carboxylic acids is 1. The Bertz CT molecular complexity index is 899. The predicted molar refractivity (Wildman–Crippen MR) is 95.2 cm³/mol. The molecule has 2 aromatic rings. The first-order valence-electron chi connectivity index (χ1n) is 8.70.